The van der Waals surface area contributed by atoms with Crippen molar-refractivity contribution in [2.75, 3.05) is 32.2 Å². The zero-order chi connectivity index (χ0) is 19.4. The van der Waals surface area contributed by atoms with Crippen molar-refractivity contribution in [2.24, 2.45) is 0 Å². The Morgan fingerprint density at radius 1 is 0.846 bits per heavy atom. The van der Waals surface area contributed by atoms with Gasteiger partial charge >= 0.3 is 11.9 Å². The Balaban J connectivity index is 0.000000487. The van der Waals surface area contributed by atoms with E-state index in [0.29, 0.717) is 0 Å². The molecule has 7 nitrogen and oxygen atoms in total. The number of carboxylic acids is 2. The van der Waals surface area contributed by atoms with Gasteiger partial charge in [-0.05, 0) is 51.3 Å². The van der Waals surface area contributed by atoms with Gasteiger partial charge in [0, 0.05) is 6.54 Å². The number of carbonyl (C=O) groups is 2. The van der Waals surface area contributed by atoms with Gasteiger partial charge in [0.1, 0.15) is 0 Å². The molecule has 0 unspecified atom stereocenters. The predicted octanol–water partition coefficient (Wildman–Crippen LogP) is 2.44. The Kier molecular flexibility index (Phi) is 9.45. The third-order valence-corrected chi connectivity index (χ3v) is 3.26. The molecule has 0 heterocycles. The molecule has 0 saturated carbocycles. The van der Waals surface area contributed by atoms with E-state index in [-0.39, 0.29) is 0 Å². The van der Waals surface area contributed by atoms with Crippen LogP contribution in [0.1, 0.15) is 6.42 Å². The topological polar surface area (TPSA) is 93.1 Å². The fraction of sp³-hybridized carbons (Fsp3) is 0.263. The number of hydrogen-bond donors (Lipinski definition) is 3. The van der Waals surface area contributed by atoms with Crippen LogP contribution in [-0.2, 0) is 9.59 Å². The zero-order valence-electron chi connectivity index (χ0n) is 15.0. The number of nitrogens with one attached hydrogen (secondary N) is 1. The molecule has 2 rings (SSSR count). The molecule has 140 valence electrons. The molecule has 0 aliphatic rings. The predicted molar refractivity (Wildman–Crippen MR) is 101 cm³/mol. The van der Waals surface area contributed by atoms with E-state index >= 15 is 0 Å². The Labute approximate surface area is 153 Å². The molecule has 0 radical (unpaired) electrons. The summed E-state index contributed by atoms with van der Waals surface area (Å²) >= 11 is 0. The molecule has 0 fully saturated rings. The minimum Gasteiger partial charge on any atom is -0.473 e. The summed E-state index contributed by atoms with van der Waals surface area (Å²) in [4.78, 5) is 20.4. The number of nitrogens with zero attached hydrogens (tertiary/aromatic N) is 2. The minimum atomic E-state index is -1.82. The van der Waals surface area contributed by atoms with Crippen molar-refractivity contribution in [1.82, 2.24) is 10.3 Å². The van der Waals surface area contributed by atoms with E-state index in [2.05, 4.69) is 78.0 Å². The molecule has 0 aromatic heterocycles. The molecule has 0 spiro atoms. The number of aliphatic carboxylic acids is 2. The Bertz CT molecular complexity index is 611. The fourth-order valence-corrected chi connectivity index (χ4v) is 2.07. The Morgan fingerprint density at radius 3 is 1.62 bits per heavy atom. The van der Waals surface area contributed by atoms with Crippen LogP contribution in [0, 0.1) is 0 Å². The normalized spacial score (nSPS) is 9.96. The SMILES string of the molecule is CN(C)CCCNN(c1ccccc1)c1ccccc1.O=C(O)C(=O)O. The summed E-state index contributed by atoms with van der Waals surface area (Å²) in [5.41, 5.74) is 5.83. The van der Waals surface area contributed by atoms with Gasteiger partial charge in [-0.15, -0.1) is 0 Å². The van der Waals surface area contributed by atoms with Gasteiger partial charge < -0.3 is 15.1 Å². The van der Waals surface area contributed by atoms with Gasteiger partial charge in [0.15, 0.2) is 0 Å². The monoisotopic (exact) mass is 359 g/mol. The van der Waals surface area contributed by atoms with E-state index in [1.54, 1.807) is 0 Å². The quantitative estimate of drug-likeness (QED) is 0.397. The average molecular weight is 359 g/mol. The van der Waals surface area contributed by atoms with Crippen LogP contribution in [0.3, 0.4) is 0 Å². The molecule has 0 amide bonds. The maximum atomic E-state index is 9.10. The number of hydrazine groups is 1. The first-order chi connectivity index (χ1) is 12.4. The van der Waals surface area contributed by atoms with Crippen molar-refractivity contribution >= 4 is 23.3 Å². The number of anilines is 2. The van der Waals surface area contributed by atoms with Gasteiger partial charge in [0.2, 0.25) is 0 Å². The molecule has 0 saturated heterocycles. The van der Waals surface area contributed by atoms with Crippen molar-refractivity contribution < 1.29 is 19.8 Å². The molecule has 2 aromatic rings. The Morgan fingerprint density at radius 2 is 1.27 bits per heavy atom. The number of hydrogen-bond acceptors (Lipinski definition) is 5. The van der Waals surface area contributed by atoms with E-state index in [1.807, 2.05) is 12.1 Å². The van der Waals surface area contributed by atoms with E-state index < -0.39 is 11.9 Å². The zero-order valence-corrected chi connectivity index (χ0v) is 15.0. The van der Waals surface area contributed by atoms with Crippen LogP contribution in [0.2, 0.25) is 0 Å². The summed E-state index contributed by atoms with van der Waals surface area (Å²) in [6.07, 6.45) is 1.11. The van der Waals surface area contributed by atoms with Crippen molar-refractivity contribution in [3.8, 4) is 0 Å². The second-order valence-corrected chi connectivity index (χ2v) is 5.68. The van der Waals surface area contributed by atoms with Crippen molar-refractivity contribution in [3.05, 3.63) is 60.7 Å². The number of rotatable bonds is 7. The second kappa shape index (κ2) is 11.6. The summed E-state index contributed by atoms with van der Waals surface area (Å²) in [5, 5.41) is 16.9. The smallest absolute Gasteiger partial charge is 0.414 e. The number of carboxylic acid groups (broad SMARTS) is 2. The molecular weight excluding hydrogens is 334 g/mol. The largest absolute Gasteiger partial charge is 0.473 e. The van der Waals surface area contributed by atoms with Gasteiger partial charge in [-0.25, -0.2) is 15.0 Å². The van der Waals surface area contributed by atoms with Crippen LogP contribution in [0.5, 0.6) is 0 Å². The summed E-state index contributed by atoms with van der Waals surface area (Å²) in [6.45, 7) is 2.03. The first-order valence-corrected chi connectivity index (χ1v) is 8.16. The summed E-state index contributed by atoms with van der Waals surface area (Å²) in [7, 11) is 4.21. The lowest BCUT2D eigenvalue weighted by Gasteiger charge is -2.26. The highest BCUT2D eigenvalue weighted by Gasteiger charge is 2.07. The molecule has 7 heteroatoms. The molecule has 0 atom stereocenters. The lowest BCUT2D eigenvalue weighted by molar-refractivity contribution is -0.159. The van der Waals surface area contributed by atoms with E-state index in [4.69, 9.17) is 19.8 Å². The molecule has 0 aliphatic heterocycles. The third kappa shape index (κ3) is 8.27. The van der Waals surface area contributed by atoms with Crippen LogP contribution < -0.4 is 10.4 Å². The van der Waals surface area contributed by atoms with Gasteiger partial charge in [-0.3, -0.25) is 5.01 Å². The highest BCUT2D eigenvalue weighted by atomic mass is 16.4. The average Bonchev–Trinajstić information content (AvgIpc) is 2.63. The third-order valence-electron chi connectivity index (χ3n) is 3.26. The van der Waals surface area contributed by atoms with Crippen molar-refractivity contribution in [3.63, 3.8) is 0 Å². The fourth-order valence-electron chi connectivity index (χ4n) is 2.07. The summed E-state index contributed by atoms with van der Waals surface area (Å²) in [6, 6.07) is 20.8. The molecule has 0 aliphatic carbocycles. The van der Waals surface area contributed by atoms with Crippen molar-refractivity contribution in [1.29, 1.82) is 0 Å². The van der Waals surface area contributed by atoms with E-state index in [9.17, 15) is 0 Å². The lowest BCUT2D eigenvalue weighted by atomic mass is 10.2. The van der Waals surface area contributed by atoms with Crippen molar-refractivity contribution in [2.45, 2.75) is 6.42 Å². The van der Waals surface area contributed by atoms with Crippen LogP contribution in [-0.4, -0.2) is 54.2 Å². The van der Waals surface area contributed by atoms with E-state index in [1.165, 1.54) is 0 Å². The molecular formula is C19H25N3O4. The maximum absolute atomic E-state index is 9.10. The second-order valence-electron chi connectivity index (χ2n) is 5.68. The first-order valence-electron chi connectivity index (χ1n) is 8.16. The standard InChI is InChI=1S/C17H23N3.C2H2O4/c1-19(2)15-9-14-18-20(16-10-5-3-6-11-16)17-12-7-4-8-13-17;3-1(4)2(5)6/h3-8,10-13,18H,9,14-15H2,1-2H3;(H,3,4)(H,5,6). The maximum Gasteiger partial charge on any atom is 0.414 e. The van der Waals surface area contributed by atoms with Crippen LogP contribution >= 0.6 is 0 Å². The highest BCUT2D eigenvalue weighted by Crippen LogP contribution is 2.22. The van der Waals surface area contributed by atoms with Gasteiger partial charge in [0.05, 0.1) is 11.4 Å². The molecule has 0 bridgehead atoms. The molecule has 2 aromatic carbocycles. The number of para-hydroxylation sites is 2. The molecule has 3 N–H and O–H groups in total. The highest BCUT2D eigenvalue weighted by molar-refractivity contribution is 6.27. The van der Waals surface area contributed by atoms with Gasteiger partial charge in [-0.1, -0.05) is 36.4 Å². The van der Waals surface area contributed by atoms with Gasteiger partial charge in [-0.2, -0.15) is 0 Å². The van der Waals surface area contributed by atoms with Crippen LogP contribution in [0.25, 0.3) is 0 Å². The molecule has 26 heavy (non-hydrogen) atoms. The first kappa shape index (κ1) is 21.1. The minimum absolute atomic E-state index is 0.946. The summed E-state index contributed by atoms with van der Waals surface area (Å²) in [5.74, 6) is -3.65. The summed E-state index contributed by atoms with van der Waals surface area (Å²) < 4.78 is 0. The Hall–Kier alpha value is -2.90. The number of benzene rings is 2. The van der Waals surface area contributed by atoms with Crippen LogP contribution in [0.4, 0.5) is 11.4 Å². The van der Waals surface area contributed by atoms with Crippen LogP contribution in [0.15, 0.2) is 60.7 Å². The van der Waals surface area contributed by atoms with E-state index in [0.717, 1.165) is 30.9 Å². The lowest BCUT2D eigenvalue weighted by Crippen LogP contribution is -2.35. The van der Waals surface area contributed by atoms with Gasteiger partial charge in [0.25, 0.3) is 0 Å².